The van der Waals surface area contributed by atoms with Crippen molar-refractivity contribution in [2.24, 2.45) is 0 Å². The Morgan fingerprint density at radius 1 is 0.0947 bits per heavy atom. The Balaban J connectivity index is 10.2. The molecule has 0 bridgehead atoms. The summed E-state index contributed by atoms with van der Waals surface area (Å²) in [6, 6.07) is 0. The van der Waals surface area contributed by atoms with Gasteiger partial charge >= 0.3 is 178 Å². The second kappa shape index (κ2) is 21.3. The largest absolute Gasteiger partial charge is 0.460 e. The van der Waals surface area contributed by atoms with Crippen molar-refractivity contribution < 1.29 is 282 Å². The maximum Gasteiger partial charge on any atom is 0.460 e. The fraction of sp³-hybridized carbons (Fsp3) is 1.00. The first kappa shape index (κ1) is 90.6. The summed E-state index contributed by atoms with van der Waals surface area (Å²) in [6.07, 6.45) is -27.0. The molecule has 0 spiro atoms. The van der Waals surface area contributed by atoms with Gasteiger partial charge in [-0.15, -0.1) is 0 Å². The van der Waals surface area contributed by atoms with Crippen molar-refractivity contribution in [1.29, 1.82) is 0 Å². The summed E-state index contributed by atoms with van der Waals surface area (Å²) < 4.78 is 868. The molecule has 0 aliphatic rings. The van der Waals surface area contributed by atoms with E-state index in [1.807, 2.05) is 0 Å². The van der Waals surface area contributed by atoms with Gasteiger partial charge in [0.25, 0.3) is 5.60 Å². The van der Waals surface area contributed by atoms with E-state index >= 15 is 39.5 Å². The Kier molecular flexibility index (Phi) is 20.3. The molecule has 0 heterocycles. The Hall–Kier alpha value is -4.42. The van der Waals surface area contributed by atoms with E-state index in [0.717, 1.165) is 0 Å². The van der Waals surface area contributed by atoms with E-state index < -0.39 is 184 Å². The van der Waals surface area contributed by atoms with Crippen molar-refractivity contribution in [3.63, 3.8) is 0 Å². The summed E-state index contributed by atoms with van der Waals surface area (Å²) in [6.45, 7) is 0. The van der Waals surface area contributed by atoms with Gasteiger partial charge in [-0.2, -0.15) is 268 Å². The van der Waals surface area contributed by atoms with Crippen LogP contribution >= 0.6 is 0 Å². The van der Waals surface area contributed by atoms with Gasteiger partial charge in [-0.05, 0) is 0 Å². The summed E-state index contributed by atoms with van der Waals surface area (Å²) in [7, 11) is 0. The second-order valence-corrected chi connectivity index (χ2v) is 17.8. The van der Waals surface area contributed by atoms with E-state index in [-0.39, 0.29) is 0 Å². The highest BCUT2D eigenvalue weighted by molar-refractivity contribution is 5.31. The Bertz CT molecular complexity index is 2770. The molecule has 0 saturated heterocycles. The smallest absolute Gasteiger partial charge is 0.373 e. The van der Waals surface area contributed by atoms with Gasteiger partial charge in [0, 0.05) is 0 Å². The van der Waals surface area contributed by atoms with Crippen molar-refractivity contribution in [2.75, 3.05) is 0 Å². The predicted octanol–water partition coefficient (Wildman–Crippen LogP) is 18.6. The Morgan fingerprint density at radius 2 is 0.168 bits per heavy atom. The molecule has 0 rings (SSSR count). The average Bonchev–Trinajstić information content (AvgIpc) is 0.659. The van der Waals surface area contributed by atoms with Crippen molar-refractivity contribution in [2.45, 2.75) is 184 Å². The van der Waals surface area contributed by atoms with Gasteiger partial charge in [0.05, 0.1) is 0 Å². The maximum absolute atomic E-state index is 15.7. The molecule has 0 amide bonds. The van der Waals surface area contributed by atoms with Crippen molar-refractivity contribution in [3.05, 3.63) is 0 Å². The van der Waals surface area contributed by atoms with Gasteiger partial charge in [-0.1, -0.05) is 0 Å². The van der Waals surface area contributed by atoms with Crippen LogP contribution in [0, 0.1) is 0 Å². The van der Waals surface area contributed by atoms with E-state index in [0.29, 0.717) is 0 Å². The fourth-order valence-corrected chi connectivity index (χ4v) is 5.98. The van der Waals surface area contributed by atoms with Crippen molar-refractivity contribution >= 4 is 0 Å². The van der Waals surface area contributed by atoms with Crippen molar-refractivity contribution in [3.8, 4) is 0 Å². The molecule has 2 atom stereocenters. The molecule has 0 aliphatic heterocycles. The number of hydrogen-bond donors (Lipinski definition) is 2. The average molecular weight is 1580 g/mol. The third-order valence-corrected chi connectivity index (χ3v) is 11.9. The molecular weight excluding hydrogens is 1580 g/mol. The lowest BCUT2D eigenvalue weighted by Crippen LogP contribution is -2.89. The Morgan fingerprint density at radius 3 is 0.263 bits per heavy atom. The fourth-order valence-electron chi connectivity index (χ4n) is 5.98. The second-order valence-electron chi connectivity index (χ2n) is 17.8. The lowest BCUT2D eigenvalue weighted by atomic mass is 9.68. The zero-order valence-corrected chi connectivity index (χ0v) is 39.8. The first-order valence-corrected chi connectivity index (χ1v) is 19.7. The topological polar surface area (TPSA) is 40.5 Å². The van der Waals surface area contributed by atoms with Crippen LogP contribution in [0.2, 0.25) is 0 Å². The normalized spacial score (nSPS) is 18.7. The summed E-state index contributed by atoms with van der Waals surface area (Å²) in [5.41, 5.74) is -12.6. The standard InChI is InChI=1S/C31H2F62O2/c32-2(33,4(36,37)6(40,41)8(44,45)10(48,49)11(50,51)12(52,53)14(56,57)18(64,65)22(72,73)26(80,81)30(88,89)90)1(94,3(34,35)5(38,39)7(42,43)9(46,47)17(62,63)21(70,71)25(78,79)29(85,86)87)28(84,95)24(76,77)20(68,69)16(60,61)13(54,55)15(58,59)19(66,67)23(74,75)27(82,83)31(91,92)93/h94-95H. The number of hydrogen-bond acceptors (Lipinski definition) is 2. The SMILES string of the molecule is OC(F)(C(F)(F)C(F)(F)C(F)(F)C(F)(F)C(F)(F)C(F)(F)C(F)(F)C(F)(F)C(F)(F)F)C(O)(C(F)(F)C(F)(F)C(F)(F)C(F)(F)C(F)(F)C(F)(F)C(F)(F)C(F)(F)F)C(F)(F)C(F)(F)C(F)(F)C(F)(F)C(F)(F)C(F)(F)C(F)(F)C(F)(F)C(F)(F)C(F)(F)C(F)(F)C(F)(F)F. The minimum Gasteiger partial charge on any atom is -0.373 e. The van der Waals surface area contributed by atoms with Gasteiger partial charge in [0.2, 0.25) is 0 Å². The minimum absolute atomic E-state index is 8.87. The molecule has 0 aromatic carbocycles. The summed E-state index contributed by atoms with van der Waals surface area (Å²) in [5, 5.41) is 18.1. The zero-order valence-electron chi connectivity index (χ0n) is 39.8. The molecule has 0 aromatic rings. The predicted molar refractivity (Wildman–Crippen MR) is 158 cm³/mol. The number of halogens is 62. The van der Waals surface area contributed by atoms with Gasteiger partial charge < -0.3 is 10.2 Å². The minimum atomic E-state index is -12.6. The maximum atomic E-state index is 15.7. The molecule has 0 saturated carbocycles. The molecule has 0 aliphatic carbocycles. The van der Waals surface area contributed by atoms with E-state index in [4.69, 9.17) is 5.11 Å². The van der Waals surface area contributed by atoms with E-state index in [1.165, 1.54) is 0 Å². The van der Waals surface area contributed by atoms with Crippen LogP contribution in [0.4, 0.5) is 272 Å². The number of aliphatic hydroxyl groups is 2. The van der Waals surface area contributed by atoms with Gasteiger partial charge in [0.1, 0.15) is 0 Å². The van der Waals surface area contributed by atoms with Crippen molar-refractivity contribution in [1.82, 2.24) is 0 Å². The van der Waals surface area contributed by atoms with Crippen LogP contribution < -0.4 is 0 Å². The highest BCUT2D eigenvalue weighted by atomic mass is 19.5. The molecule has 2 unspecified atom stereocenters. The highest BCUT2D eigenvalue weighted by Crippen LogP contribution is 2.75. The Labute approximate surface area is 468 Å². The monoisotopic (exact) mass is 1580 g/mol. The summed E-state index contributed by atoms with van der Waals surface area (Å²) >= 11 is 0. The van der Waals surface area contributed by atoms with Crippen LogP contribution in [0.5, 0.6) is 0 Å². The molecule has 0 radical (unpaired) electrons. The van der Waals surface area contributed by atoms with Crippen LogP contribution in [0.1, 0.15) is 0 Å². The van der Waals surface area contributed by atoms with Crippen LogP contribution in [-0.4, -0.2) is 194 Å². The summed E-state index contributed by atoms with van der Waals surface area (Å²) in [4.78, 5) is 0. The lowest BCUT2D eigenvalue weighted by molar-refractivity contribution is -0.530. The lowest BCUT2D eigenvalue weighted by Gasteiger charge is -2.54. The number of rotatable bonds is 27. The van der Waals surface area contributed by atoms with E-state index in [9.17, 15) is 238 Å². The zero-order chi connectivity index (χ0) is 79.5. The van der Waals surface area contributed by atoms with Crippen LogP contribution in [0.15, 0.2) is 0 Å². The molecule has 0 fully saturated rings. The van der Waals surface area contributed by atoms with E-state index in [2.05, 4.69) is 0 Å². The third kappa shape index (κ3) is 9.74. The molecular formula is C31H2F62O2. The van der Waals surface area contributed by atoms with E-state index in [1.54, 1.807) is 0 Å². The van der Waals surface area contributed by atoms with Gasteiger partial charge in [-0.3, -0.25) is 0 Å². The van der Waals surface area contributed by atoms with Gasteiger partial charge in [-0.25, -0.2) is 4.39 Å². The highest BCUT2D eigenvalue weighted by Gasteiger charge is 3.08. The summed E-state index contributed by atoms with van der Waals surface area (Å²) in [5.74, 6) is -300. The molecule has 572 valence electrons. The molecule has 0 aromatic heterocycles. The first-order valence-electron chi connectivity index (χ1n) is 19.7. The first-order chi connectivity index (χ1) is 39.5. The number of alkyl halides is 62. The van der Waals surface area contributed by atoms with Crippen LogP contribution in [-0.2, 0) is 0 Å². The quantitative estimate of drug-likeness (QED) is 0.0805. The van der Waals surface area contributed by atoms with Gasteiger partial charge in [0.15, 0.2) is 0 Å². The molecule has 95 heavy (non-hydrogen) atoms. The molecule has 2 nitrogen and oxygen atoms in total. The molecule has 2 N–H and O–H groups in total. The van der Waals surface area contributed by atoms with Crippen LogP contribution in [0.3, 0.4) is 0 Å². The third-order valence-electron chi connectivity index (χ3n) is 11.9. The van der Waals surface area contributed by atoms with Crippen LogP contribution in [0.25, 0.3) is 0 Å². The molecule has 64 heteroatoms.